The summed E-state index contributed by atoms with van der Waals surface area (Å²) in [5.41, 5.74) is -0.927. The van der Waals surface area contributed by atoms with Crippen LogP contribution in [0.15, 0.2) is 60.7 Å². The maximum atomic E-state index is 14.2. The van der Waals surface area contributed by atoms with Gasteiger partial charge >= 0.3 is 18.0 Å². The average molecular weight is 885 g/mol. The van der Waals surface area contributed by atoms with Gasteiger partial charge in [0.05, 0.1) is 24.2 Å². The van der Waals surface area contributed by atoms with Crippen LogP contribution in [0.25, 0.3) is 6.08 Å². The van der Waals surface area contributed by atoms with Gasteiger partial charge in [-0.2, -0.15) is 0 Å². The summed E-state index contributed by atoms with van der Waals surface area (Å²) in [7, 11) is 1.49. The maximum absolute atomic E-state index is 14.2. The fourth-order valence-corrected chi connectivity index (χ4v) is 6.21. The molecule has 1 unspecified atom stereocenters. The molecule has 0 aromatic heterocycles. The van der Waals surface area contributed by atoms with E-state index in [1.165, 1.54) is 13.2 Å². The molecule has 2 aromatic rings. The van der Waals surface area contributed by atoms with Gasteiger partial charge in [-0.25, -0.2) is 14.4 Å². The van der Waals surface area contributed by atoms with Crippen LogP contribution < -0.4 is 20.7 Å². The highest BCUT2D eigenvalue weighted by molar-refractivity contribution is 6.32. The number of amides is 3. The number of aliphatic hydroxyl groups excluding tert-OH is 1. The van der Waals surface area contributed by atoms with Gasteiger partial charge in [-0.1, -0.05) is 87.9 Å². The number of esters is 2. The van der Waals surface area contributed by atoms with Gasteiger partial charge in [0.15, 0.2) is 0 Å². The van der Waals surface area contributed by atoms with Crippen molar-refractivity contribution >= 4 is 47.5 Å². The zero-order valence-electron chi connectivity index (χ0n) is 39.1. The van der Waals surface area contributed by atoms with Crippen LogP contribution in [0.4, 0.5) is 4.79 Å². The molecule has 14 heteroatoms. The quantitative estimate of drug-likeness (QED) is 0.0610. The molecule has 0 saturated heterocycles. The second-order valence-electron chi connectivity index (χ2n) is 19.4. The molecule has 3 amide bonds. The smallest absolute Gasteiger partial charge is 0.408 e. The Balaban J connectivity index is 2.37. The van der Waals surface area contributed by atoms with E-state index in [2.05, 4.69) is 16.0 Å². The third-order valence-electron chi connectivity index (χ3n) is 9.73. The molecule has 0 heterocycles. The molecular formula is C48H70ClN3O10. The molecule has 0 bridgehead atoms. The fourth-order valence-electron chi connectivity index (χ4n) is 5.93. The van der Waals surface area contributed by atoms with E-state index in [1.54, 1.807) is 86.6 Å². The van der Waals surface area contributed by atoms with Crippen molar-refractivity contribution in [3.63, 3.8) is 0 Å². The molecule has 0 aliphatic rings. The van der Waals surface area contributed by atoms with Gasteiger partial charge in [-0.15, -0.1) is 0 Å². The normalized spacial score (nSPS) is 14.9. The van der Waals surface area contributed by atoms with Crippen molar-refractivity contribution in [3.8, 4) is 5.75 Å². The summed E-state index contributed by atoms with van der Waals surface area (Å²) in [6.07, 6.45) is 5.59. The Bertz CT molecular complexity index is 1890. The van der Waals surface area contributed by atoms with Crippen molar-refractivity contribution in [2.24, 2.45) is 16.7 Å². The van der Waals surface area contributed by atoms with Crippen molar-refractivity contribution in [2.45, 2.75) is 151 Å². The van der Waals surface area contributed by atoms with Crippen molar-refractivity contribution < 1.29 is 48.0 Å². The highest BCUT2D eigenvalue weighted by Gasteiger charge is 2.40. The molecule has 5 atom stereocenters. The number of halogens is 1. The summed E-state index contributed by atoms with van der Waals surface area (Å²) in [6.45, 7) is 23.0. The van der Waals surface area contributed by atoms with Gasteiger partial charge in [-0.05, 0) is 103 Å². The molecule has 0 aliphatic carbocycles. The largest absolute Gasteiger partial charge is 0.495 e. The molecule has 2 rings (SSSR count). The molecule has 4 N–H and O–H groups in total. The molecule has 344 valence electrons. The summed E-state index contributed by atoms with van der Waals surface area (Å²) < 4.78 is 22.3. The van der Waals surface area contributed by atoms with E-state index in [1.807, 2.05) is 64.1 Å². The first kappa shape index (κ1) is 53.3. The number of benzene rings is 2. The lowest BCUT2D eigenvalue weighted by molar-refractivity contribution is -0.156. The highest BCUT2D eigenvalue weighted by Crippen LogP contribution is 2.28. The van der Waals surface area contributed by atoms with Crippen LogP contribution >= 0.6 is 11.6 Å². The van der Waals surface area contributed by atoms with Crippen LogP contribution in [0.2, 0.25) is 5.02 Å². The minimum atomic E-state index is -1.27. The standard InChI is InChI=1S/C48H70ClN3O10/c1-30(18-19-32-20-22-33(29-53)23-21-32)38(16-15-17-40(54)61-46(6,7)8)60-42(56)37(28-45(3,4)5)51-43(57)48(12,13)31(2)50-41(55)36(52-44(58)62-47(9,10)11)27-34-24-25-39(59-14)35(49)26-34/h15,17-26,30-31,36-38,53H,16,27-29H2,1-14H3,(H,50,55)(H,51,57)(H,52,58)/b17-15+,19-18+/t30-,31?,36-,37+,38+/m1/s1. The van der Waals surface area contributed by atoms with E-state index in [9.17, 15) is 29.1 Å². The van der Waals surface area contributed by atoms with Crippen LogP contribution in [-0.2, 0) is 46.4 Å². The molecule has 0 aliphatic heterocycles. The van der Waals surface area contributed by atoms with Gasteiger partial charge in [0, 0.05) is 30.9 Å². The molecular weight excluding hydrogens is 814 g/mol. The first-order valence-corrected chi connectivity index (χ1v) is 21.3. The Labute approximate surface area is 373 Å². The number of hydrogen-bond donors (Lipinski definition) is 4. The van der Waals surface area contributed by atoms with Crippen molar-refractivity contribution in [2.75, 3.05) is 7.11 Å². The zero-order chi connectivity index (χ0) is 47.2. The Kier molecular flexibility index (Phi) is 19.7. The Morgan fingerprint density at radius 2 is 1.39 bits per heavy atom. The summed E-state index contributed by atoms with van der Waals surface area (Å²) in [5, 5.41) is 18.2. The fraction of sp³-hybridized carbons (Fsp3) is 0.562. The van der Waals surface area contributed by atoms with Gasteiger partial charge in [0.2, 0.25) is 11.8 Å². The molecule has 62 heavy (non-hydrogen) atoms. The number of methoxy groups -OCH3 is 1. The number of carbonyl (C=O) groups is 5. The average Bonchev–Trinajstić information content (AvgIpc) is 3.14. The second-order valence-corrected chi connectivity index (χ2v) is 19.8. The molecule has 0 saturated carbocycles. The van der Waals surface area contributed by atoms with Crippen LogP contribution in [-0.4, -0.2) is 77.5 Å². The van der Waals surface area contributed by atoms with Crippen molar-refractivity contribution in [3.05, 3.63) is 82.4 Å². The highest BCUT2D eigenvalue weighted by atomic mass is 35.5. The van der Waals surface area contributed by atoms with Gasteiger partial charge < -0.3 is 40.0 Å². The van der Waals surface area contributed by atoms with E-state index in [0.29, 0.717) is 16.3 Å². The van der Waals surface area contributed by atoms with Gasteiger partial charge in [0.25, 0.3) is 0 Å². The molecule has 2 aromatic carbocycles. The summed E-state index contributed by atoms with van der Waals surface area (Å²) in [4.78, 5) is 67.7. The lowest BCUT2D eigenvalue weighted by Crippen LogP contribution is -2.58. The predicted molar refractivity (Wildman–Crippen MR) is 242 cm³/mol. The number of carbonyl (C=O) groups excluding carboxylic acids is 5. The molecule has 13 nitrogen and oxygen atoms in total. The first-order chi connectivity index (χ1) is 28.5. The predicted octanol–water partition coefficient (Wildman–Crippen LogP) is 8.28. The topological polar surface area (TPSA) is 179 Å². The Morgan fingerprint density at radius 3 is 1.92 bits per heavy atom. The molecule has 0 fully saturated rings. The first-order valence-electron chi connectivity index (χ1n) is 20.9. The lowest BCUT2D eigenvalue weighted by atomic mass is 9.82. The maximum Gasteiger partial charge on any atom is 0.408 e. The molecule has 0 spiro atoms. The van der Waals surface area contributed by atoms with E-state index in [-0.39, 0.29) is 31.8 Å². The van der Waals surface area contributed by atoms with Crippen LogP contribution in [0.3, 0.4) is 0 Å². The van der Waals surface area contributed by atoms with Crippen LogP contribution in [0, 0.1) is 16.7 Å². The third-order valence-corrected chi connectivity index (χ3v) is 10.0. The summed E-state index contributed by atoms with van der Waals surface area (Å²) in [5.74, 6) is -2.18. The monoisotopic (exact) mass is 883 g/mol. The Morgan fingerprint density at radius 1 is 0.790 bits per heavy atom. The van der Waals surface area contributed by atoms with E-state index in [0.717, 1.165) is 11.1 Å². The number of ether oxygens (including phenoxy) is 4. The number of hydrogen-bond acceptors (Lipinski definition) is 10. The number of alkyl carbamates (subject to hydrolysis) is 1. The number of aliphatic hydroxyl groups is 1. The number of rotatable bonds is 19. The Hall–Kier alpha value is -4.88. The lowest BCUT2D eigenvalue weighted by Gasteiger charge is -2.35. The summed E-state index contributed by atoms with van der Waals surface area (Å²) >= 11 is 6.37. The minimum absolute atomic E-state index is 0.0470. The van der Waals surface area contributed by atoms with E-state index >= 15 is 0 Å². The second kappa shape index (κ2) is 23.0. The van der Waals surface area contributed by atoms with Crippen molar-refractivity contribution in [1.29, 1.82) is 0 Å². The third kappa shape index (κ3) is 19.0. The summed E-state index contributed by atoms with van der Waals surface area (Å²) in [6, 6.07) is 9.41. The van der Waals surface area contributed by atoms with E-state index < -0.39 is 76.1 Å². The zero-order valence-corrected chi connectivity index (χ0v) is 39.8. The van der Waals surface area contributed by atoms with Gasteiger partial charge in [0.1, 0.15) is 35.1 Å². The van der Waals surface area contributed by atoms with Crippen molar-refractivity contribution in [1.82, 2.24) is 16.0 Å². The minimum Gasteiger partial charge on any atom is -0.495 e. The molecule has 0 radical (unpaired) electrons. The van der Waals surface area contributed by atoms with Crippen LogP contribution in [0.1, 0.15) is 120 Å². The van der Waals surface area contributed by atoms with Crippen LogP contribution in [0.5, 0.6) is 5.75 Å². The van der Waals surface area contributed by atoms with Gasteiger partial charge in [-0.3, -0.25) is 9.59 Å². The SMILES string of the molecule is COc1ccc(C[C@@H](NC(=O)OC(C)(C)C)C(=O)NC(C)C(C)(C)C(=O)N[C@@H](CC(C)(C)C)C(=O)O[C@@H](C/C=C/C(=O)OC(C)(C)C)[C@H](C)/C=C/c2ccc(CO)cc2)cc1Cl. The van der Waals surface area contributed by atoms with E-state index in [4.69, 9.17) is 30.5 Å². The number of nitrogens with one attached hydrogen (secondary N) is 3.